The van der Waals surface area contributed by atoms with Gasteiger partial charge >= 0.3 is 94.6 Å². The minimum atomic E-state index is -4.81. The fourth-order valence-corrected chi connectivity index (χ4v) is 10.9. The van der Waals surface area contributed by atoms with Gasteiger partial charge in [0.05, 0.1) is 41.0 Å². The summed E-state index contributed by atoms with van der Waals surface area (Å²) in [5, 5.41) is 9.94. The Labute approximate surface area is 459 Å². The normalized spacial score (nSPS) is 17.9. The molecular formula is C44H47N2Na3O14S4. The van der Waals surface area contributed by atoms with Crippen LogP contribution < -0.4 is 93.6 Å². The Bertz CT molecular complexity index is 3050. The summed E-state index contributed by atoms with van der Waals surface area (Å²) in [5.74, 6) is -2.28. The Hall–Kier alpha value is -1.80. The number of unbranched alkanes of at least 4 members (excludes halogenated alkanes) is 2. The van der Waals surface area contributed by atoms with Gasteiger partial charge in [0.15, 0.2) is 5.71 Å². The second-order valence-corrected chi connectivity index (χ2v) is 22.8. The molecule has 344 valence electrons. The van der Waals surface area contributed by atoms with Crippen molar-refractivity contribution in [2.75, 3.05) is 29.5 Å². The van der Waals surface area contributed by atoms with Gasteiger partial charge in [0, 0.05) is 59.0 Å². The van der Waals surface area contributed by atoms with Gasteiger partial charge in [0.1, 0.15) is 26.8 Å². The van der Waals surface area contributed by atoms with Gasteiger partial charge in [-0.25, -0.2) is 38.5 Å². The Balaban J connectivity index is 0.00000397. The molecule has 0 atom stereocenters. The van der Waals surface area contributed by atoms with Crippen LogP contribution in [0, 0.1) is 0 Å². The molecule has 0 fully saturated rings. The van der Waals surface area contributed by atoms with E-state index in [2.05, 4.69) is 0 Å². The molecule has 0 unspecified atom stereocenters. The van der Waals surface area contributed by atoms with Crippen molar-refractivity contribution >= 4 is 69.1 Å². The molecule has 2 aliphatic heterocycles. The average molecular weight is 1030 g/mol. The van der Waals surface area contributed by atoms with Gasteiger partial charge in [-0.15, -0.1) is 0 Å². The number of nitrogens with zero attached hydrogens (tertiary/aromatic N) is 2. The predicted molar refractivity (Wildman–Crippen MR) is 234 cm³/mol. The molecule has 1 aliphatic carbocycles. The van der Waals surface area contributed by atoms with Crippen molar-refractivity contribution in [1.82, 2.24) is 0 Å². The number of anilines is 1. The molecule has 2 heterocycles. The summed E-state index contributed by atoms with van der Waals surface area (Å²) in [6, 6.07) is 14.6. The SMILES string of the molecule is CC1(C)C(/C=C/C2=C(c3cccc(C(=O)O)c3)C(=C/C=C3\N(CCCCS(=O)(=O)[O-])c4ccc(S(=O)(=O)[O-])cc4C3(C)C)/CC2)=[N+](CCCCS(=O)(=O)[O-])c2ccc(S(=O)(=O)[O-])cc21.[Na+].[Na+].[Na+]. The maximum absolute atomic E-state index is 12.2. The van der Waals surface area contributed by atoms with Gasteiger partial charge in [-0.3, -0.25) is 0 Å². The number of carboxylic acids is 1. The number of allylic oxidation sites excluding steroid dienone is 8. The molecule has 0 spiro atoms. The first-order chi connectivity index (χ1) is 29.6. The Morgan fingerprint density at radius 3 is 1.87 bits per heavy atom. The summed E-state index contributed by atoms with van der Waals surface area (Å²) < 4.78 is 143. The van der Waals surface area contributed by atoms with Crippen LogP contribution in [0.15, 0.2) is 112 Å². The van der Waals surface area contributed by atoms with Gasteiger partial charge in [-0.2, -0.15) is 4.58 Å². The van der Waals surface area contributed by atoms with Crippen LogP contribution in [0.4, 0.5) is 11.4 Å². The zero-order chi connectivity index (χ0) is 47.2. The quantitative estimate of drug-likeness (QED) is 0.0599. The summed E-state index contributed by atoms with van der Waals surface area (Å²) in [5.41, 5.74) is 4.87. The molecule has 23 heteroatoms. The number of carbonyl (C=O) groups is 1. The molecule has 0 radical (unpaired) electrons. The number of hydrogen-bond acceptors (Lipinski definition) is 14. The minimum Gasteiger partial charge on any atom is -0.748 e. The van der Waals surface area contributed by atoms with Crippen molar-refractivity contribution in [3.8, 4) is 0 Å². The molecule has 0 aromatic heterocycles. The monoisotopic (exact) mass is 1020 g/mol. The van der Waals surface area contributed by atoms with Crippen LogP contribution >= 0.6 is 0 Å². The fraction of sp³-hybridized carbons (Fsp3) is 0.364. The largest absolute Gasteiger partial charge is 1.00 e. The number of rotatable bonds is 17. The van der Waals surface area contributed by atoms with E-state index in [4.69, 9.17) is 0 Å². The van der Waals surface area contributed by atoms with Crippen LogP contribution in [0.3, 0.4) is 0 Å². The van der Waals surface area contributed by atoms with E-state index < -0.39 is 78.6 Å². The molecule has 16 nitrogen and oxygen atoms in total. The third-order valence-corrected chi connectivity index (χ3v) is 15.2. The Morgan fingerprint density at radius 2 is 1.28 bits per heavy atom. The standard InChI is InChI=1S/C44H50N2O14S4.3Na/c1-43(2)35-27-33(63(55,56)57)16-18-37(35)45(22-5-7-24-61(49,50)51)39(43)20-14-29-12-13-30(41(29)31-10-9-11-32(26-31)42(47)48)15-21-40-44(3,4)36-28-34(64(58,59)60)17-19-38(36)46(40)23-6-8-25-62(52,53)54;;;/h9-11,14-21,26-28H,5-8,12-13,22-25H2,1-4H3,(H4-,47,48,49,50,51,52,53,54,55,56,57,58,59,60);;;/q;3*+1/p-3. The molecule has 3 aromatic carbocycles. The molecule has 1 N–H and O–H groups in total. The Morgan fingerprint density at radius 1 is 0.701 bits per heavy atom. The third kappa shape index (κ3) is 14.0. The van der Waals surface area contributed by atoms with Gasteiger partial charge in [-0.1, -0.05) is 38.1 Å². The summed E-state index contributed by atoms with van der Waals surface area (Å²) in [4.78, 5) is 13.2. The first kappa shape index (κ1) is 59.5. The van der Waals surface area contributed by atoms with Gasteiger partial charge in [0.25, 0.3) is 0 Å². The summed E-state index contributed by atoms with van der Waals surface area (Å²) in [6.07, 6.45) is 9.18. The maximum atomic E-state index is 12.2. The summed E-state index contributed by atoms with van der Waals surface area (Å²) in [6.45, 7) is 7.93. The molecule has 0 bridgehead atoms. The minimum absolute atomic E-state index is 0. The van der Waals surface area contributed by atoms with Crippen LogP contribution in [0.1, 0.15) is 93.3 Å². The van der Waals surface area contributed by atoms with Crippen LogP contribution in [0.5, 0.6) is 0 Å². The number of benzene rings is 3. The van der Waals surface area contributed by atoms with Crippen molar-refractivity contribution in [2.45, 2.75) is 86.8 Å². The van der Waals surface area contributed by atoms with Crippen molar-refractivity contribution in [2.24, 2.45) is 0 Å². The maximum Gasteiger partial charge on any atom is 1.00 e. The number of hydrogen-bond donors (Lipinski definition) is 1. The van der Waals surface area contributed by atoms with Crippen molar-refractivity contribution in [1.29, 1.82) is 0 Å². The molecule has 3 aliphatic rings. The number of aromatic carboxylic acids is 1. The molecule has 67 heavy (non-hydrogen) atoms. The van der Waals surface area contributed by atoms with E-state index in [1.807, 2.05) is 61.5 Å². The van der Waals surface area contributed by atoms with Crippen LogP contribution in [0.25, 0.3) is 5.57 Å². The topological polar surface area (TPSA) is 272 Å². The Kier molecular flexibility index (Phi) is 20.2. The molecule has 0 saturated carbocycles. The van der Waals surface area contributed by atoms with Gasteiger partial charge in [0.2, 0.25) is 5.69 Å². The summed E-state index contributed by atoms with van der Waals surface area (Å²) >= 11 is 0. The van der Waals surface area contributed by atoms with Crippen LogP contribution in [-0.4, -0.2) is 97.8 Å². The fourth-order valence-electron chi connectivity index (χ4n) is 8.80. The molecule has 0 saturated heterocycles. The van der Waals surface area contributed by atoms with Crippen molar-refractivity contribution in [3.63, 3.8) is 0 Å². The van der Waals surface area contributed by atoms with Gasteiger partial charge < -0.3 is 28.2 Å². The number of fused-ring (bicyclic) bond motifs is 2. The first-order valence-electron chi connectivity index (χ1n) is 20.3. The second-order valence-electron chi connectivity index (χ2n) is 17.0. The van der Waals surface area contributed by atoms with Crippen molar-refractivity contribution in [3.05, 3.63) is 124 Å². The van der Waals surface area contributed by atoms with E-state index in [1.54, 1.807) is 18.2 Å². The van der Waals surface area contributed by atoms with Crippen LogP contribution in [0.2, 0.25) is 0 Å². The zero-order valence-corrected chi connectivity index (χ0v) is 47.7. The van der Waals surface area contributed by atoms with Gasteiger partial charge in [-0.05, 0) is 122 Å². The predicted octanol–water partition coefficient (Wildman–Crippen LogP) is -3.36. The summed E-state index contributed by atoms with van der Waals surface area (Å²) in [7, 11) is -18.6. The van der Waals surface area contributed by atoms with E-state index in [1.165, 1.54) is 42.5 Å². The number of carboxylic acid groups (broad SMARTS) is 1. The van der Waals surface area contributed by atoms with E-state index in [9.17, 15) is 61.8 Å². The van der Waals surface area contributed by atoms with Crippen molar-refractivity contribution < 1.29 is 155 Å². The van der Waals surface area contributed by atoms with E-state index in [0.717, 1.165) is 16.7 Å². The zero-order valence-electron chi connectivity index (χ0n) is 38.4. The molecule has 0 amide bonds. The second kappa shape index (κ2) is 22.7. The molecule has 3 aromatic rings. The van der Waals surface area contributed by atoms with E-state index in [-0.39, 0.29) is 133 Å². The molecule has 6 rings (SSSR count). The average Bonchev–Trinajstić information content (AvgIpc) is 3.76. The van der Waals surface area contributed by atoms with Crippen LogP contribution in [-0.2, 0) is 51.3 Å². The molecular weight excluding hydrogens is 978 g/mol. The smallest absolute Gasteiger partial charge is 0.748 e. The van der Waals surface area contributed by atoms with E-state index in [0.29, 0.717) is 52.3 Å². The van der Waals surface area contributed by atoms with E-state index >= 15 is 0 Å². The third-order valence-electron chi connectivity index (χ3n) is 11.9. The first-order valence-corrected chi connectivity index (χ1v) is 26.2.